The van der Waals surface area contributed by atoms with E-state index in [1.165, 1.54) is 19.1 Å². The molecule has 0 fully saturated rings. The molecule has 0 radical (unpaired) electrons. The topological polar surface area (TPSA) is 205 Å². The van der Waals surface area contributed by atoms with Crippen LogP contribution in [0.15, 0.2) is 54.6 Å². The summed E-state index contributed by atoms with van der Waals surface area (Å²) in [6.07, 6.45) is -0.290. The summed E-state index contributed by atoms with van der Waals surface area (Å²) in [4.78, 5) is 97.3. The number of hydrogen-bond donors (Lipinski definition) is 3. The maximum absolute atomic E-state index is 15.0. The first-order valence-corrected chi connectivity index (χ1v) is 23.6. The van der Waals surface area contributed by atoms with Gasteiger partial charge in [0.2, 0.25) is 11.8 Å². The summed E-state index contributed by atoms with van der Waals surface area (Å²) < 4.78 is 28.5. The first-order chi connectivity index (χ1) is 32.4. The zero-order chi connectivity index (χ0) is 51.2. The number of hydrogen-bond acceptors (Lipinski definition) is 13. The largest absolute Gasteiger partial charge is 0.493 e. The molecular weight excluding hydrogens is 885 g/mol. The van der Waals surface area contributed by atoms with Gasteiger partial charge in [-0.3, -0.25) is 24.0 Å². The van der Waals surface area contributed by atoms with E-state index in [1.807, 2.05) is 32.9 Å². The molecule has 1 heterocycles. The van der Waals surface area contributed by atoms with Gasteiger partial charge in [0.25, 0.3) is 0 Å². The molecule has 0 aromatic heterocycles. The Labute approximate surface area is 406 Å². The Morgan fingerprint density at radius 3 is 2.12 bits per heavy atom. The molecule has 0 unspecified atom stereocenters. The molecular formula is C53H72N4O12. The van der Waals surface area contributed by atoms with Gasteiger partial charge in [-0.25, -0.2) is 9.59 Å². The van der Waals surface area contributed by atoms with Crippen molar-refractivity contribution < 1.29 is 57.2 Å². The number of esters is 2. The van der Waals surface area contributed by atoms with Gasteiger partial charge >= 0.3 is 18.0 Å². The van der Waals surface area contributed by atoms with E-state index in [0.717, 1.165) is 11.1 Å². The third-order valence-corrected chi connectivity index (χ3v) is 11.2. The molecule has 3 aromatic rings. The van der Waals surface area contributed by atoms with Crippen molar-refractivity contribution >= 4 is 41.4 Å². The number of ketones is 2. The van der Waals surface area contributed by atoms with Crippen LogP contribution in [0.25, 0.3) is 11.1 Å². The Morgan fingerprint density at radius 2 is 1.48 bits per heavy atom. The quantitative estimate of drug-likeness (QED) is 0.0501. The normalized spacial score (nSPS) is 16.8. The van der Waals surface area contributed by atoms with E-state index in [2.05, 4.69) is 16.0 Å². The smallest absolute Gasteiger partial charge is 0.407 e. The van der Waals surface area contributed by atoms with Gasteiger partial charge in [-0.05, 0) is 116 Å². The molecule has 69 heavy (non-hydrogen) atoms. The maximum atomic E-state index is 15.0. The van der Waals surface area contributed by atoms with E-state index in [-0.39, 0.29) is 57.7 Å². The lowest BCUT2D eigenvalue weighted by Crippen LogP contribution is -2.46. The number of aryl methyl sites for hydroxylation is 2. The predicted molar refractivity (Wildman–Crippen MR) is 261 cm³/mol. The predicted octanol–water partition coefficient (Wildman–Crippen LogP) is 7.18. The second-order valence-electron chi connectivity index (χ2n) is 19.6. The number of nitrogens with one attached hydrogen (secondary N) is 3. The number of methoxy groups -OCH3 is 1. The van der Waals surface area contributed by atoms with Crippen LogP contribution in [-0.2, 0) is 44.6 Å². The highest BCUT2D eigenvalue weighted by atomic mass is 16.6. The van der Waals surface area contributed by atoms with Crippen LogP contribution in [0, 0.1) is 25.7 Å². The molecule has 1 aliphatic heterocycles. The van der Waals surface area contributed by atoms with Crippen LogP contribution >= 0.6 is 0 Å². The number of likely N-dealkylation sites (N-methyl/N-ethyl adjacent to an activating group) is 1. The Balaban J connectivity index is 1.85. The van der Waals surface area contributed by atoms with Gasteiger partial charge in [0.15, 0.2) is 11.6 Å². The van der Waals surface area contributed by atoms with Crippen LogP contribution < -0.4 is 25.4 Å². The van der Waals surface area contributed by atoms with Gasteiger partial charge < -0.3 is 44.5 Å². The van der Waals surface area contributed by atoms with Crippen molar-refractivity contribution in [3.63, 3.8) is 0 Å². The fourth-order valence-corrected chi connectivity index (χ4v) is 7.98. The second-order valence-corrected chi connectivity index (χ2v) is 19.6. The van der Waals surface area contributed by atoms with E-state index in [9.17, 15) is 28.8 Å². The fraction of sp³-hybridized carbons (Fsp3) is 0.528. The maximum Gasteiger partial charge on any atom is 0.407 e. The highest BCUT2D eigenvalue weighted by molar-refractivity contribution is 6.01. The zero-order valence-corrected chi connectivity index (χ0v) is 42.4. The zero-order valence-electron chi connectivity index (χ0n) is 42.4. The summed E-state index contributed by atoms with van der Waals surface area (Å²) in [5.41, 5.74) is 2.85. The fourth-order valence-electron chi connectivity index (χ4n) is 7.98. The molecule has 1 aliphatic rings. The Kier molecular flexibility index (Phi) is 19.9. The number of ether oxygens (including phenoxy) is 5. The highest BCUT2D eigenvalue weighted by Gasteiger charge is 2.36. The first kappa shape index (κ1) is 55.3. The number of carbonyl (C=O) groups is 7. The van der Waals surface area contributed by atoms with Crippen molar-refractivity contribution in [3.8, 4) is 22.6 Å². The van der Waals surface area contributed by atoms with Gasteiger partial charge in [-0.2, -0.15) is 0 Å². The molecule has 3 N–H and O–H groups in total. The molecule has 0 saturated carbocycles. The summed E-state index contributed by atoms with van der Waals surface area (Å²) in [5.74, 6) is -4.06. The van der Waals surface area contributed by atoms with Crippen molar-refractivity contribution in [2.45, 2.75) is 125 Å². The van der Waals surface area contributed by atoms with Crippen LogP contribution in [0.1, 0.15) is 120 Å². The van der Waals surface area contributed by atoms with Crippen LogP contribution in [-0.4, -0.2) is 111 Å². The third kappa shape index (κ3) is 16.7. The SMILES string of the molecule is CCCOc1ccc2cc1-c1cc(ccc1OCCNC(=O)OC(C)(C)C)C[C@@H](C(=O)OC)NC(=O)[C@H](C)CC(=O)[C@H]2N(C)C(=O)[C@H](CCNCC(=O)OC(C)(C)C)CC(=O)c1ccc(C)cc1C. The molecule has 16 heteroatoms. The minimum absolute atomic E-state index is 0.0301. The van der Waals surface area contributed by atoms with Crippen molar-refractivity contribution in [2.75, 3.05) is 47.0 Å². The number of rotatable bonds is 18. The Morgan fingerprint density at radius 1 is 0.826 bits per heavy atom. The Hall–Kier alpha value is -6.29. The number of fused-ring (bicyclic) bond motifs is 5. The molecule has 0 aliphatic carbocycles. The molecule has 3 amide bonds. The van der Waals surface area contributed by atoms with Crippen LogP contribution in [0.3, 0.4) is 0 Å². The van der Waals surface area contributed by atoms with Gasteiger partial charge in [0.05, 0.1) is 26.8 Å². The monoisotopic (exact) mass is 957 g/mol. The minimum Gasteiger partial charge on any atom is -0.493 e. The molecule has 4 atom stereocenters. The number of amides is 3. The molecule has 0 saturated heterocycles. The average Bonchev–Trinajstić information content (AvgIpc) is 3.26. The van der Waals surface area contributed by atoms with E-state index in [1.54, 1.807) is 90.9 Å². The standard InChI is InChI=1S/C53H72N4O12/c1-13-23-66-45-19-16-36-29-40(45)39-27-35(15-18-44(39)67-24-22-55-51(64)69-53(8,9)10)28-41(50(63)65-12)56-48(61)34(4)26-43(59)47(36)57(11)49(62)37(20-21-54-31-46(60)68-52(5,6)7)30-42(58)38-17-14-32(2)25-33(38)3/h14-19,25,27,29,34,37,41,47,54H,13,20-24,26,28,30-31H2,1-12H3,(H,55,64)(H,56,61)/t34-,37-,41+,47+/m1/s1. The van der Waals surface area contributed by atoms with Gasteiger partial charge in [-0.15, -0.1) is 0 Å². The van der Waals surface area contributed by atoms with E-state index in [0.29, 0.717) is 52.3 Å². The molecule has 3 aromatic carbocycles. The summed E-state index contributed by atoms with van der Waals surface area (Å²) in [6, 6.07) is 13.5. The molecule has 376 valence electrons. The number of nitrogens with zero attached hydrogens (tertiary/aromatic N) is 1. The number of benzene rings is 3. The van der Waals surface area contributed by atoms with Gasteiger partial charge in [0, 0.05) is 54.8 Å². The Bertz CT molecular complexity index is 2330. The van der Waals surface area contributed by atoms with Crippen molar-refractivity contribution in [3.05, 3.63) is 82.4 Å². The summed E-state index contributed by atoms with van der Waals surface area (Å²) in [6.45, 7) is 18.4. The molecule has 4 rings (SSSR count). The van der Waals surface area contributed by atoms with Gasteiger partial charge in [-0.1, -0.05) is 49.7 Å². The lowest BCUT2D eigenvalue weighted by molar-refractivity contribution is -0.153. The van der Waals surface area contributed by atoms with Crippen LogP contribution in [0.5, 0.6) is 11.5 Å². The second kappa shape index (κ2) is 24.8. The highest BCUT2D eigenvalue weighted by Crippen LogP contribution is 2.41. The van der Waals surface area contributed by atoms with Gasteiger partial charge in [0.1, 0.15) is 41.4 Å². The average molecular weight is 957 g/mol. The molecule has 0 spiro atoms. The number of alkyl carbamates (subject to hydrolysis) is 1. The van der Waals surface area contributed by atoms with Crippen LogP contribution in [0.2, 0.25) is 0 Å². The van der Waals surface area contributed by atoms with E-state index < -0.39 is 70.8 Å². The summed E-state index contributed by atoms with van der Waals surface area (Å²) >= 11 is 0. The van der Waals surface area contributed by atoms with E-state index in [4.69, 9.17) is 23.7 Å². The van der Waals surface area contributed by atoms with Crippen molar-refractivity contribution in [2.24, 2.45) is 11.8 Å². The van der Waals surface area contributed by atoms with Crippen molar-refractivity contribution in [1.29, 1.82) is 0 Å². The molecule has 4 bridgehead atoms. The lowest BCUT2D eigenvalue weighted by atomic mass is 9.88. The lowest BCUT2D eigenvalue weighted by Gasteiger charge is -2.32. The summed E-state index contributed by atoms with van der Waals surface area (Å²) in [7, 11) is 2.73. The number of carbonyl (C=O) groups excluding carboxylic acids is 7. The van der Waals surface area contributed by atoms with Crippen molar-refractivity contribution in [1.82, 2.24) is 20.9 Å². The minimum atomic E-state index is -1.27. The summed E-state index contributed by atoms with van der Waals surface area (Å²) in [5, 5.41) is 8.52. The molecule has 16 nitrogen and oxygen atoms in total. The third-order valence-electron chi connectivity index (χ3n) is 11.2. The first-order valence-electron chi connectivity index (χ1n) is 23.6. The van der Waals surface area contributed by atoms with Crippen LogP contribution in [0.4, 0.5) is 4.79 Å². The van der Waals surface area contributed by atoms with E-state index >= 15 is 4.79 Å². The number of Topliss-reactive ketones (excluding diaryl/α,β-unsaturated/α-hetero) is 2.